The molecule has 4 aromatic carbocycles. The molecule has 0 amide bonds. The molecule has 0 radical (unpaired) electrons. The summed E-state index contributed by atoms with van der Waals surface area (Å²) in [6.45, 7) is 0.816. The molecule has 1 aliphatic heterocycles. The van der Waals surface area contributed by atoms with Crippen LogP contribution in [0.4, 0.5) is 0 Å². The molecule has 242 valence electrons. The summed E-state index contributed by atoms with van der Waals surface area (Å²) in [5.74, 6) is -6.29. The van der Waals surface area contributed by atoms with Crippen molar-refractivity contribution in [2.75, 3.05) is 19.8 Å². The third kappa shape index (κ3) is 8.23. The zero-order chi connectivity index (χ0) is 33.4. The molecule has 1 aliphatic rings. The second-order valence-electron chi connectivity index (χ2n) is 10.9. The second kappa shape index (κ2) is 15.0. The van der Waals surface area contributed by atoms with E-state index in [1.54, 1.807) is 97.1 Å². The number of carbonyl (C=O) groups is 4. The van der Waals surface area contributed by atoms with E-state index < -0.39 is 48.6 Å². The predicted molar refractivity (Wildman–Crippen MR) is 171 cm³/mol. The van der Waals surface area contributed by atoms with Gasteiger partial charge in [0, 0.05) is 28.7 Å². The molecule has 0 aromatic heterocycles. The molecule has 0 aliphatic carbocycles. The normalized spacial score (nSPS) is 14.1. The summed E-state index contributed by atoms with van der Waals surface area (Å²) in [7, 11) is 0. The highest BCUT2D eigenvalue weighted by molar-refractivity contribution is 6.30. The van der Waals surface area contributed by atoms with Crippen LogP contribution in [0.25, 0.3) is 0 Å². The Morgan fingerprint density at radius 1 is 0.766 bits per heavy atom. The lowest BCUT2D eigenvalue weighted by atomic mass is 10.1. The average Bonchev–Trinajstić information content (AvgIpc) is 3.49. The van der Waals surface area contributed by atoms with Crippen molar-refractivity contribution in [1.29, 1.82) is 0 Å². The fraction of sp³-hybridized carbons (Fsp3) is 0.222. The van der Waals surface area contributed by atoms with E-state index in [2.05, 4.69) is 5.32 Å². The highest BCUT2D eigenvalue weighted by atomic mass is 35.5. The first-order chi connectivity index (χ1) is 22.6. The standard InChI is InChI=1S/C36H32ClNO9/c1-23(38-20-29(39)27-13-8-14-28(37)19-27)17-24-15-16-32-33(18-24)47-36(46-32,34(42)44-21-30(40)25-9-4-2-5-10-25)35(43)45-22-31(41)26-11-6-3-7-12-26/h2-16,18-19,23,29,38-39H,17,20-22H2,1H3/t23-,29+/m1/s1. The number of halogens is 1. The number of hydrogen-bond acceptors (Lipinski definition) is 10. The lowest BCUT2D eigenvalue weighted by Gasteiger charge is -2.23. The van der Waals surface area contributed by atoms with Gasteiger partial charge in [0.05, 0.1) is 6.10 Å². The molecule has 0 saturated heterocycles. The Kier molecular flexibility index (Phi) is 10.7. The van der Waals surface area contributed by atoms with Gasteiger partial charge in [0.2, 0.25) is 0 Å². The van der Waals surface area contributed by atoms with Crippen LogP contribution in [0, 0.1) is 0 Å². The number of esters is 2. The van der Waals surface area contributed by atoms with Crippen molar-refractivity contribution in [2.24, 2.45) is 0 Å². The van der Waals surface area contributed by atoms with Gasteiger partial charge in [-0.1, -0.05) is 90.5 Å². The van der Waals surface area contributed by atoms with Crippen molar-refractivity contribution in [2.45, 2.75) is 31.3 Å². The minimum atomic E-state index is -2.75. The van der Waals surface area contributed by atoms with Crippen LogP contribution in [0.2, 0.25) is 5.02 Å². The highest BCUT2D eigenvalue weighted by Gasteiger charge is 2.60. The number of carbonyl (C=O) groups excluding carboxylic acids is 4. The van der Waals surface area contributed by atoms with Gasteiger partial charge in [0.1, 0.15) is 0 Å². The first kappa shape index (κ1) is 33.3. The monoisotopic (exact) mass is 657 g/mol. The minimum Gasteiger partial charge on any atom is -0.451 e. The van der Waals surface area contributed by atoms with Crippen LogP contribution in [-0.4, -0.2) is 60.2 Å². The summed E-state index contributed by atoms with van der Waals surface area (Å²) in [4.78, 5) is 52.1. The number of aliphatic hydroxyl groups excluding tert-OH is 1. The topological polar surface area (TPSA) is 137 Å². The lowest BCUT2D eigenvalue weighted by Crippen LogP contribution is -2.56. The van der Waals surface area contributed by atoms with Crippen molar-refractivity contribution in [3.8, 4) is 11.5 Å². The number of nitrogens with one attached hydrogen (secondary N) is 1. The molecule has 5 rings (SSSR count). The van der Waals surface area contributed by atoms with Gasteiger partial charge in [-0.25, -0.2) is 9.59 Å². The summed E-state index contributed by atoms with van der Waals surface area (Å²) in [6.07, 6.45) is -0.286. The highest BCUT2D eigenvalue weighted by Crippen LogP contribution is 2.41. The van der Waals surface area contributed by atoms with E-state index in [-0.39, 0.29) is 24.1 Å². The van der Waals surface area contributed by atoms with E-state index in [1.807, 2.05) is 6.92 Å². The fourth-order valence-corrected chi connectivity index (χ4v) is 5.06. The molecule has 2 atom stereocenters. The Morgan fingerprint density at radius 3 is 1.91 bits per heavy atom. The summed E-state index contributed by atoms with van der Waals surface area (Å²) >= 11 is 6.04. The molecule has 4 aromatic rings. The van der Waals surface area contributed by atoms with Crippen molar-refractivity contribution < 1.29 is 43.2 Å². The van der Waals surface area contributed by atoms with Gasteiger partial charge in [-0.15, -0.1) is 0 Å². The van der Waals surface area contributed by atoms with E-state index >= 15 is 0 Å². The van der Waals surface area contributed by atoms with Crippen LogP contribution in [0.1, 0.15) is 44.9 Å². The smallest absolute Gasteiger partial charge is 0.451 e. The summed E-state index contributed by atoms with van der Waals surface area (Å²) in [6, 6.07) is 28.1. The molecule has 2 N–H and O–H groups in total. The van der Waals surface area contributed by atoms with E-state index in [1.165, 1.54) is 6.07 Å². The Hall–Kier alpha value is -5.03. The van der Waals surface area contributed by atoms with Crippen molar-refractivity contribution in [3.63, 3.8) is 0 Å². The number of hydrogen-bond donors (Lipinski definition) is 2. The molecule has 0 bridgehead atoms. The van der Waals surface area contributed by atoms with Gasteiger partial charge in [-0.2, -0.15) is 0 Å². The number of aliphatic hydroxyl groups is 1. The number of fused-ring (bicyclic) bond motifs is 1. The maximum atomic E-state index is 13.4. The van der Waals surface area contributed by atoms with Crippen LogP contribution in [0.15, 0.2) is 103 Å². The Bertz CT molecular complexity index is 1680. The first-order valence-corrected chi connectivity index (χ1v) is 15.2. The van der Waals surface area contributed by atoms with Crippen molar-refractivity contribution in [1.82, 2.24) is 5.32 Å². The Balaban J connectivity index is 1.27. The van der Waals surface area contributed by atoms with Gasteiger partial charge in [-0.3, -0.25) is 9.59 Å². The molecule has 0 fully saturated rings. The van der Waals surface area contributed by atoms with Crippen LogP contribution < -0.4 is 14.8 Å². The zero-order valence-electron chi connectivity index (χ0n) is 25.4. The first-order valence-electron chi connectivity index (χ1n) is 14.8. The molecular weight excluding hydrogens is 626 g/mol. The van der Waals surface area contributed by atoms with Gasteiger partial charge in [-0.05, 0) is 48.7 Å². The van der Waals surface area contributed by atoms with E-state index in [0.29, 0.717) is 28.1 Å². The molecule has 0 saturated carbocycles. The molecule has 10 nitrogen and oxygen atoms in total. The number of rotatable bonds is 14. The molecule has 0 unspecified atom stereocenters. The van der Waals surface area contributed by atoms with Crippen LogP contribution in [-0.2, 0) is 25.5 Å². The Labute approximate surface area is 276 Å². The second-order valence-corrected chi connectivity index (χ2v) is 11.4. The fourth-order valence-electron chi connectivity index (χ4n) is 4.86. The third-order valence-corrected chi connectivity index (χ3v) is 7.58. The van der Waals surface area contributed by atoms with Crippen molar-refractivity contribution >= 4 is 35.1 Å². The summed E-state index contributed by atoms with van der Waals surface area (Å²) < 4.78 is 22.0. The van der Waals surface area contributed by atoms with Gasteiger partial charge < -0.3 is 29.4 Å². The number of Topliss-reactive ketones (excluding diaryl/α,β-unsaturated/α-hetero) is 2. The molecular formula is C36H32ClNO9. The largest absolute Gasteiger partial charge is 0.453 e. The number of ketones is 2. The van der Waals surface area contributed by atoms with Gasteiger partial charge in [0.25, 0.3) is 0 Å². The van der Waals surface area contributed by atoms with Crippen molar-refractivity contribution in [3.05, 3.63) is 130 Å². The molecule has 0 spiro atoms. The Morgan fingerprint density at radius 2 is 1.34 bits per heavy atom. The molecule has 11 heteroatoms. The van der Waals surface area contributed by atoms with E-state index in [9.17, 15) is 24.3 Å². The lowest BCUT2D eigenvalue weighted by molar-refractivity contribution is -0.201. The van der Waals surface area contributed by atoms with Gasteiger partial charge in [0.15, 0.2) is 36.3 Å². The van der Waals surface area contributed by atoms with Gasteiger partial charge >= 0.3 is 17.7 Å². The van der Waals surface area contributed by atoms with Crippen LogP contribution in [0.3, 0.4) is 0 Å². The predicted octanol–water partition coefficient (Wildman–Crippen LogP) is 4.91. The quantitative estimate of drug-likeness (QED) is 0.109. The van der Waals surface area contributed by atoms with E-state index in [4.69, 9.17) is 30.5 Å². The summed E-state index contributed by atoms with van der Waals surface area (Å²) in [5, 5.41) is 14.4. The SMILES string of the molecule is C[C@H](Cc1ccc2c(c1)OC(C(=O)OCC(=O)c1ccccc1)(C(=O)OCC(=O)c1ccccc1)O2)NC[C@H](O)c1cccc(Cl)c1. The number of ether oxygens (including phenoxy) is 4. The summed E-state index contributed by atoms with van der Waals surface area (Å²) in [5.41, 5.74) is 2.05. The zero-order valence-corrected chi connectivity index (χ0v) is 26.1. The minimum absolute atomic E-state index is 0.0587. The molecule has 1 heterocycles. The maximum Gasteiger partial charge on any atom is 0.453 e. The average molecular weight is 658 g/mol. The van der Waals surface area contributed by atoms with Crippen LogP contribution >= 0.6 is 11.6 Å². The third-order valence-electron chi connectivity index (χ3n) is 7.35. The number of benzene rings is 4. The van der Waals surface area contributed by atoms with Crippen LogP contribution in [0.5, 0.6) is 11.5 Å². The van der Waals surface area contributed by atoms with E-state index in [0.717, 1.165) is 5.56 Å². The maximum absolute atomic E-state index is 13.4. The molecule has 47 heavy (non-hydrogen) atoms.